The van der Waals surface area contributed by atoms with Crippen LogP contribution < -0.4 is 10.5 Å². The molecule has 0 spiro atoms. The quantitative estimate of drug-likeness (QED) is 0.850. The number of hydrogen-bond donors (Lipinski definition) is 1. The van der Waals surface area contributed by atoms with E-state index in [0.717, 1.165) is 30.0 Å². The summed E-state index contributed by atoms with van der Waals surface area (Å²) in [6.45, 7) is 2.83. The topological polar surface area (TPSA) is 51.6 Å². The zero-order valence-corrected chi connectivity index (χ0v) is 13.0. The van der Waals surface area contributed by atoms with Crippen LogP contribution in [0.25, 0.3) is 0 Å². The van der Waals surface area contributed by atoms with Gasteiger partial charge in [0.05, 0.1) is 26.0 Å². The average Bonchev–Trinajstić information content (AvgIpc) is 3.00. The monoisotopic (exact) mass is 288 g/mol. The smallest absolute Gasteiger partial charge is 0.119 e. The third kappa shape index (κ3) is 3.86. The molecule has 2 rings (SSSR count). The molecule has 4 nitrogen and oxygen atoms in total. The maximum Gasteiger partial charge on any atom is 0.119 e. The Balaban J connectivity index is 2.24. The number of methoxy groups -OCH3 is 1. The molecule has 0 radical (unpaired) electrons. The van der Waals surface area contributed by atoms with Crippen molar-refractivity contribution < 1.29 is 9.15 Å². The van der Waals surface area contributed by atoms with Gasteiger partial charge >= 0.3 is 0 Å². The van der Waals surface area contributed by atoms with E-state index >= 15 is 0 Å². The molecular formula is C17H24N2O2. The van der Waals surface area contributed by atoms with Gasteiger partial charge in [-0.15, -0.1) is 0 Å². The molecule has 1 heterocycles. The fraction of sp³-hybridized carbons (Fsp3) is 0.412. The highest BCUT2D eigenvalue weighted by Gasteiger charge is 2.24. The summed E-state index contributed by atoms with van der Waals surface area (Å²) in [5.41, 5.74) is 7.52. The summed E-state index contributed by atoms with van der Waals surface area (Å²) in [6, 6.07) is 12.2. The SMILES string of the molecule is CCC(N)C(c1cccc(OC)c1)N(C)Cc1ccco1. The lowest BCUT2D eigenvalue weighted by atomic mass is 9.96. The first-order valence-electron chi connectivity index (χ1n) is 7.27. The highest BCUT2D eigenvalue weighted by molar-refractivity contribution is 5.31. The summed E-state index contributed by atoms with van der Waals surface area (Å²) in [5.74, 6) is 1.79. The van der Waals surface area contributed by atoms with Gasteiger partial charge in [-0.25, -0.2) is 0 Å². The lowest BCUT2D eigenvalue weighted by molar-refractivity contribution is 0.187. The van der Waals surface area contributed by atoms with Crippen molar-refractivity contribution in [2.45, 2.75) is 32.0 Å². The zero-order chi connectivity index (χ0) is 15.2. The molecule has 2 atom stereocenters. The van der Waals surface area contributed by atoms with Crippen LogP contribution in [0.15, 0.2) is 47.1 Å². The van der Waals surface area contributed by atoms with Crippen molar-refractivity contribution in [3.63, 3.8) is 0 Å². The summed E-state index contributed by atoms with van der Waals surface area (Å²) < 4.78 is 10.8. The number of hydrogen-bond acceptors (Lipinski definition) is 4. The molecule has 0 saturated heterocycles. The van der Waals surface area contributed by atoms with Gasteiger partial charge in [-0.05, 0) is 43.3 Å². The normalized spacial score (nSPS) is 14.1. The number of nitrogens with zero attached hydrogens (tertiary/aromatic N) is 1. The van der Waals surface area contributed by atoms with Crippen LogP contribution in [0.5, 0.6) is 5.75 Å². The summed E-state index contributed by atoms with van der Waals surface area (Å²) >= 11 is 0. The van der Waals surface area contributed by atoms with Gasteiger partial charge in [0.15, 0.2) is 0 Å². The predicted octanol–water partition coefficient (Wildman–Crippen LogP) is 3.20. The second kappa shape index (κ2) is 7.29. The number of nitrogens with two attached hydrogens (primary N) is 1. The van der Waals surface area contributed by atoms with Gasteiger partial charge in [0, 0.05) is 6.04 Å². The maximum absolute atomic E-state index is 6.36. The first-order valence-corrected chi connectivity index (χ1v) is 7.27. The summed E-state index contributed by atoms with van der Waals surface area (Å²) in [7, 11) is 3.75. The van der Waals surface area contributed by atoms with Crippen LogP contribution >= 0.6 is 0 Å². The number of likely N-dealkylation sites (N-methyl/N-ethyl adjacent to an activating group) is 1. The van der Waals surface area contributed by atoms with Gasteiger partial charge in [-0.2, -0.15) is 0 Å². The van der Waals surface area contributed by atoms with E-state index in [1.807, 2.05) is 24.3 Å². The second-order valence-corrected chi connectivity index (χ2v) is 5.29. The molecule has 2 unspecified atom stereocenters. The molecule has 0 aliphatic carbocycles. The Morgan fingerprint density at radius 1 is 1.29 bits per heavy atom. The van der Waals surface area contributed by atoms with E-state index in [4.69, 9.17) is 14.9 Å². The minimum atomic E-state index is 0.0528. The minimum Gasteiger partial charge on any atom is -0.497 e. The highest BCUT2D eigenvalue weighted by atomic mass is 16.5. The predicted molar refractivity (Wildman–Crippen MR) is 84.2 cm³/mol. The second-order valence-electron chi connectivity index (χ2n) is 5.29. The Morgan fingerprint density at radius 3 is 2.71 bits per heavy atom. The Morgan fingerprint density at radius 2 is 2.10 bits per heavy atom. The number of ether oxygens (including phenoxy) is 1. The Bertz CT molecular complexity index is 539. The summed E-state index contributed by atoms with van der Waals surface area (Å²) in [5, 5.41) is 0. The van der Waals surface area contributed by atoms with Crippen molar-refractivity contribution in [3.05, 3.63) is 54.0 Å². The van der Waals surface area contributed by atoms with E-state index in [1.165, 1.54) is 0 Å². The van der Waals surface area contributed by atoms with E-state index in [9.17, 15) is 0 Å². The van der Waals surface area contributed by atoms with Crippen molar-refractivity contribution in [1.82, 2.24) is 4.90 Å². The standard InChI is InChI=1S/C17H24N2O2/c1-4-16(18)17(13-7-5-8-14(11-13)20-3)19(2)12-15-9-6-10-21-15/h5-11,16-17H,4,12,18H2,1-3H3. The lowest BCUT2D eigenvalue weighted by Gasteiger charge is -2.32. The molecule has 1 aromatic carbocycles. The fourth-order valence-electron chi connectivity index (χ4n) is 2.62. The van der Waals surface area contributed by atoms with Gasteiger partial charge in [0.25, 0.3) is 0 Å². The third-order valence-corrected chi connectivity index (χ3v) is 3.77. The molecule has 2 aromatic rings. The molecular weight excluding hydrogens is 264 g/mol. The molecule has 4 heteroatoms. The first-order chi connectivity index (χ1) is 10.2. The van der Waals surface area contributed by atoms with E-state index in [-0.39, 0.29) is 12.1 Å². The molecule has 21 heavy (non-hydrogen) atoms. The van der Waals surface area contributed by atoms with Crippen LogP contribution in [0.4, 0.5) is 0 Å². The van der Waals surface area contributed by atoms with Crippen molar-refractivity contribution in [2.24, 2.45) is 5.73 Å². The van der Waals surface area contributed by atoms with Gasteiger partial charge in [0.2, 0.25) is 0 Å². The van der Waals surface area contributed by atoms with E-state index in [0.29, 0.717) is 0 Å². The Kier molecular flexibility index (Phi) is 5.42. The average molecular weight is 288 g/mol. The lowest BCUT2D eigenvalue weighted by Crippen LogP contribution is -2.38. The number of rotatable bonds is 7. The van der Waals surface area contributed by atoms with Crippen LogP contribution in [0, 0.1) is 0 Å². The molecule has 0 fully saturated rings. The molecule has 0 aliphatic heterocycles. The van der Waals surface area contributed by atoms with Gasteiger partial charge in [-0.1, -0.05) is 19.1 Å². The summed E-state index contributed by atoms with van der Waals surface area (Å²) in [6.07, 6.45) is 2.61. The molecule has 0 amide bonds. The molecule has 0 bridgehead atoms. The van der Waals surface area contributed by atoms with Crippen LogP contribution in [0.2, 0.25) is 0 Å². The van der Waals surface area contributed by atoms with Crippen molar-refractivity contribution in [1.29, 1.82) is 0 Å². The molecule has 1 aromatic heterocycles. The van der Waals surface area contributed by atoms with Gasteiger partial charge in [-0.3, -0.25) is 4.90 Å². The Hall–Kier alpha value is -1.78. The van der Waals surface area contributed by atoms with Gasteiger partial charge in [0.1, 0.15) is 11.5 Å². The highest BCUT2D eigenvalue weighted by Crippen LogP contribution is 2.28. The van der Waals surface area contributed by atoms with E-state index in [1.54, 1.807) is 13.4 Å². The fourth-order valence-corrected chi connectivity index (χ4v) is 2.62. The first kappa shape index (κ1) is 15.6. The molecule has 0 aliphatic rings. The maximum atomic E-state index is 6.36. The molecule has 2 N–H and O–H groups in total. The van der Waals surface area contributed by atoms with Crippen LogP contribution in [-0.2, 0) is 6.54 Å². The zero-order valence-electron chi connectivity index (χ0n) is 13.0. The summed E-state index contributed by atoms with van der Waals surface area (Å²) in [4.78, 5) is 2.22. The third-order valence-electron chi connectivity index (χ3n) is 3.77. The van der Waals surface area contributed by atoms with E-state index in [2.05, 4.69) is 31.0 Å². The van der Waals surface area contributed by atoms with Crippen molar-refractivity contribution >= 4 is 0 Å². The van der Waals surface area contributed by atoms with Crippen LogP contribution in [0.1, 0.15) is 30.7 Å². The number of furan rings is 1. The number of benzene rings is 1. The minimum absolute atomic E-state index is 0.0528. The van der Waals surface area contributed by atoms with Gasteiger partial charge < -0.3 is 14.9 Å². The van der Waals surface area contributed by atoms with Crippen molar-refractivity contribution in [3.8, 4) is 5.75 Å². The van der Waals surface area contributed by atoms with Crippen LogP contribution in [-0.4, -0.2) is 25.1 Å². The largest absolute Gasteiger partial charge is 0.497 e. The van der Waals surface area contributed by atoms with Crippen molar-refractivity contribution in [2.75, 3.05) is 14.2 Å². The molecule has 0 saturated carbocycles. The Labute approximate surface area is 126 Å². The van der Waals surface area contributed by atoms with Crippen LogP contribution in [0.3, 0.4) is 0 Å². The molecule has 114 valence electrons. The van der Waals surface area contributed by atoms with E-state index < -0.39 is 0 Å².